The number of anilines is 1. The molecule has 0 unspecified atom stereocenters. The summed E-state index contributed by atoms with van der Waals surface area (Å²) in [4.78, 5) is 7.82. The second-order valence-corrected chi connectivity index (χ2v) is 3.61. The van der Waals surface area contributed by atoms with E-state index in [4.69, 9.17) is 11.6 Å². The van der Waals surface area contributed by atoms with Gasteiger partial charge in [0.25, 0.3) is 0 Å². The quantitative estimate of drug-likeness (QED) is 0.892. The molecule has 0 atom stereocenters. The first-order chi connectivity index (χ1) is 7.75. The van der Waals surface area contributed by atoms with Crippen molar-refractivity contribution in [2.45, 2.75) is 6.54 Å². The lowest BCUT2D eigenvalue weighted by Crippen LogP contribution is -2.03. The van der Waals surface area contributed by atoms with E-state index < -0.39 is 0 Å². The van der Waals surface area contributed by atoms with Crippen molar-refractivity contribution in [3.8, 4) is 0 Å². The van der Waals surface area contributed by atoms with E-state index in [1.54, 1.807) is 24.4 Å². The number of halogens is 2. The van der Waals surface area contributed by atoms with Crippen LogP contribution in [-0.4, -0.2) is 9.97 Å². The molecule has 0 bridgehead atoms. The maximum Gasteiger partial charge on any atom is 0.147 e. The lowest BCUT2D eigenvalue weighted by Gasteiger charge is -2.06. The molecule has 1 aromatic carbocycles. The minimum Gasteiger partial charge on any atom is -0.377 e. The molecule has 16 heavy (non-hydrogen) atoms. The third kappa shape index (κ3) is 2.67. The number of hydrogen-bond donors (Lipinski definition) is 1. The van der Waals surface area contributed by atoms with Crippen LogP contribution in [0.5, 0.6) is 0 Å². The Kier molecular flexibility index (Phi) is 3.31. The maximum absolute atomic E-state index is 13.4. The molecule has 3 nitrogen and oxygen atoms in total. The van der Waals surface area contributed by atoms with Crippen LogP contribution in [0.1, 0.15) is 5.69 Å². The van der Waals surface area contributed by atoms with E-state index in [0.717, 1.165) is 5.69 Å². The molecule has 0 spiro atoms. The van der Waals surface area contributed by atoms with Crippen LogP contribution in [0.15, 0.2) is 36.8 Å². The smallest absolute Gasteiger partial charge is 0.147 e. The largest absolute Gasteiger partial charge is 0.377 e. The molecule has 1 N–H and O–H groups in total. The van der Waals surface area contributed by atoms with Gasteiger partial charge in [0.2, 0.25) is 0 Å². The lowest BCUT2D eigenvalue weighted by molar-refractivity contribution is 0.630. The van der Waals surface area contributed by atoms with Crippen LogP contribution in [-0.2, 0) is 6.54 Å². The molecule has 82 valence electrons. The number of hydrogen-bond acceptors (Lipinski definition) is 3. The van der Waals surface area contributed by atoms with E-state index in [2.05, 4.69) is 15.3 Å². The number of nitrogens with one attached hydrogen (secondary N) is 1. The normalized spacial score (nSPS) is 10.1. The SMILES string of the molecule is Fc1cc(Cl)ccc1NCc1ccncn1. The highest BCUT2D eigenvalue weighted by molar-refractivity contribution is 6.30. The summed E-state index contributed by atoms with van der Waals surface area (Å²) < 4.78 is 13.4. The van der Waals surface area contributed by atoms with Gasteiger partial charge in [-0.15, -0.1) is 0 Å². The van der Waals surface area contributed by atoms with Gasteiger partial charge in [-0.2, -0.15) is 0 Å². The van der Waals surface area contributed by atoms with Gasteiger partial charge in [-0.05, 0) is 24.3 Å². The number of nitrogens with zero attached hydrogens (tertiary/aromatic N) is 2. The van der Waals surface area contributed by atoms with E-state index in [1.807, 2.05) is 0 Å². The molecular weight excluding hydrogens is 229 g/mol. The van der Waals surface area contributed by atoms with Crippen molar-refractivity contribution >= 4 is 17.3 Å². The van der Waals surface area contributed by atoms with Crippen molar-refractivity contribution in [3.63, 3.8) is 0 Å². The second kappa shape index (κ2) is 4.90. The summed E-state index contributed by atoms with van der Waals surface area (Å²) in [5, 5.41) is 3.31. The van der Waals surface area contributed by atoms with Crippen LogP contribution in [0.4, 0.5) is 10.1 Å². The van der Waals surface area contributed by atoms with Gasteiger partial charge in [-0.1, -0.05) is 11.6 Å². The molecule has 2 aromatic rings. The number of benzene rings is 1. The molecule has 0 aliphatic rings. The van der Waals surface area contributed by atoms with Gasteiger partial charge in [0.15, 0.2) is 0 Å². The summed E-state index contributed by atoms with van der Waals surface area (Å²) in [5.41, 5.74) is 1.20. The minimum atomic E-state index is -0.374. The van der Waals surface area contributed by atoms with Crippen LogP contribution in [0.2, 0.25) is 5.02 Å². The highest BCUT2D eigenvalue weighted by Crippen LogP contribution is 2.19. The maximum atomic E-state index is 13.4. The predicted octanol–water partition coefficient (Wildman–Crippen LogP) is 2.88. The summed E-state index contributed by atoms with van der Waals surface area (Å²) >= 11 is 5.65. The monoisotopic (exact) mass is 237 g/mol. The van der Waals surface area contributed by atoms with Crippen molar-refractivity contribution in [1.82, 2.24) is 9.97 Å². The fourth-order valence-corrected chi connectivity index (χ4v) is 1.40. The molecule has 0 saturated carbocycles. The van der Waals surface area contributed by atoms with Crippen molar-refractivity contribution in [2.75, 3.05) is 5.32 Å². The van der Waals surface area contributed by atoms with Crippen molar-refractivity contribution in [2.24, 2.45) is 0 Å². The average molecular weight is 238 g/mol. The highest BCUT2D eigenvalue weighted by Gasteiger charge is 2.02. The molecule has 0 aliphatic heterocycles. The molecule has 2 rings (SSSR count). The van der Waals surface area contributed by atoms with Crippen molar-refractivity contribution in [3.05, 3.63) is 53.3 Å². The fourth-order valence-electron chi connectivity index (χ4n) is 1.24. The van der Waals surface area contributed by atoms with Crippen LogP contribution < -0.4 is 5.32 Å². The summed E-state index contributed by atoms with van der Waals surface area (Å²) in [5.74, 6) is -0.374. The Balaban J connectivity index is 2.05. The summed E-state index contributed by atoms with van der Waals surface area (Å²) in [6.07, 6.45) is 3.09. The third-order valence-electron chi connectivity index (χ3n) is 2.03. The Labute approximate surface area is 97.3 Å². The number of rotatable bonds is 3. The van der Waals surface area contributed by atoms with Gasteiger partial charge >= 0.3 is 0 Å². The van der Waals surface area contributed by atoms with E-state index in [-0.39, 0.29) is 5.82 Å². The Hall–Kier alpha value is -1.68. The second-order valence-electron chi connectivity index (χ2n) is 3.18. The Bertz CT molecular complexity index is 476. The summed E-state index contributed by atoms with van der Waals surface area (Å²) in [7, 11) is 0. The molecule has 0 amide bonds. The van der Waals surface area contributed by atoms with Crippen LogP contribution in [0.3, 0.4) is 0 Å². The first-order valence-corrected chi connectivity index (χ1v) is 5.07. The molecule has 0 aliphatic carbocycles. The first kappa shape index (κ1) is 10.8. The van der Waals surface area contributed by atoms with E-state index in [9.17, 15) is 4.39 Å². The highest BCUT2D eigenvalue weighted by atomic mass is 35.5. The lowest BCUT2D eigenvalue weighted by atomic mass is 10.3. The van der Waals surface area contributed by atoms with E-state index >= 15 is 0 Å². The van der Waals surface area contributed by atoms with Gasteiger partial charge in [0.05, 0.1) is 17.9 Å². The molecule has 1 heterocycles. The molecule has 0 saturated heterocycles. The van der Waals surface area contributed by atoms with Crippen molar-refractivity contribution < 1.29 is 4.39 Å². The van der Waals surface area contributed by atoms with Gasteiger partial charge in [-0.3, -0.25) is 0 Å². The van der Waals surface area contributed by atoms with Gasteiger partial charge in [-0.25, -0.2) is 14.4 Å². The van der Waals surface area contributed by atoms with Gasteiger partial charge < -0.3 is 5.32 Å². The van der Waals surface area contributed by atoms with Crippen LogP contribution >= 0.6 is 11.6 Å². The van der Waals surface area contributed by atoms with E-state index in [1.165, 1.54) is 12.4 Å². The molecular formula is C11H9ClFN3. The fraction of sp³-hybridized carbons (Fsp3) is 0.0909. The topological polar surface area (TPSA) is 37.8 Å². The Morgan fingerprint density at radius 1 is 1.31 bits per heavy atom. The van der Waals surface area contributed by atoms with Crippen LogP contribution in [0.25, 0.3) is 0 Å². The average Bonchev–Trinajstić information content (AvgIpc) is 2.29. The van der Waals surface area contributed by atoms with Crippen molar-refractivity contribution in [1.29, 1.82) is 0 Å². The Morgan fingerprint density at radius 3 is 2.88 bits per heavy atom. The summed E-state index contributed by atoms with van der Waals surface area (Å²) in [6, 6.07) is 6.26. The zero-order valence-electron chi connectivity index (χ0n) is 8.32. The zero-order valence-corrected chi connectivity index (χ0v) is 9.08. The first-order valence-electron chi connectivity index (χ1n) is 4.69. The summed E-state index contributed by atoms with van der Waals surface area (Å²) in [6.45, 7) is 0.446. The standard InChI is InChI=1S/C11H9ClFN3/c12-8-1-2-11(10(13)5-8)15-6-9-3-4-14-7-16-9/h1-5,7,15H,6H2. The zero-order chi connectivity index (χ0) is 11.4. The third-order valence-corrected chi connectivity index (χ3v) is 2.27. The minimum absolute atomic E-state index is 0.374. The van der Waals surface area contributed by atoms with Crippen LogP contribution in [0, 0.1) is 5.82 Å². The predicted molar refractivity (Wildman–Crippen MR) is 60.8 cm³/mol. The molecule has 1 aromatic heterocycles. The number of aromatic nitrogens is 2. The Morgan fingerprint density at radius 2 is 2.19 bits per heavy atom. The van der Waals surface area contributed by atoms with Gasteiger partial charge in [0, 0.05) is 11.2 Å². The van der Waals surface area contributed by atoms with Gasteiger partial charge in [0.1, 0.15) is 12.1 Å². The molecule has 0 radical (unpaired) electrons. The molecule has 0 fully saturated rings. The van der Waals surface area contributed by atoms with E-state index in [0.29, 0.717) is 17.3 Å². The molecule has 5 heteroatoms.